The fraction of sp³-hybridized carbons (Fsp3) is 0.524. The lowest BCUT2D eigenvalue weighted by Gasteiger charge is -2.24. The minimum atomic E-state index is -0.277. The lowest BCUT2D eigenvalue weighted by atomic mass is 10.1. The van der Waals surface area contributed by atoms with E-state index < -0.39 is 0 Å². The van der Waals surface area contributed by atoms with Gasteiger partial charge in [-0.2, -0.15) is 0 Å². The first kappa shape index (κ1) is 20.5. The number of nitrogens with zero attached hydrogens (tertiary/aromatic N) is 3. The third kappa shape index (κ3) is 6.14. The summed E-state index contributed by atoms with van der Waals surface area (Å²) in [6.45, 7) is 10.7. The molecule has 0 bridgehead atoms. The van der Waals surface area contributed by atoms with E-state index in [-0.39, 0.29) is 17.3 Å². The van der Waals surface area contributed by atoms with Crippen LogP contribution in [0, 0.1) is 5.82 Å². The molecule has 2 heterocycles. The van der Waals surface area contributed by atoms with Crippen LogP contribution >= 0.6 is 0 Å². The molecule has 0 unspecified atom stereocenters. The van der Waals surface area contributed by atoms with Crippen molar-refractivity contribution in [3.8, 4) is 11.5 Å². The van der Waals surface area contributed by atoms with E-state index in [1.54, 1.807) is 18.4 Å². The number of carbonyl (C=O) groups excluding carboxylic acids is 1. The molecule has 0 aliphatic carbocycles. The zero-order valence-electron chi connectivity index (χ0n) is 16.9. The van der Waals surface area contributed by atoms with Gasteiger partial charge in [0.25, 0.3) is 0 Å². The zero-order chi connectivity index (χ0) is 20.1. The van der Waals surface area contributed by atoms with Crippen LogP contribution in [0.1, 0.15) is 32.9 Å². The molecule has 7 heteroatoms. The first-order valence-corrected chi connectivity index (χ1v) is 9.74. The van der Waals surface area contributed by atoms with Crippen LogP contribution in [-0.2, 0) is 11.3 Å². The highest BCUT2D eigenvalue weighted by atomic mass is 19.1. The summed E-state index contributed by atoms with van der Waals surface area (Å²) in [4.78, 5) is 21.2. The van der Waals surface area contributed by atoms with Crippen LogP contribution in [-0.4, -0.2) is 59.0 Å². The molecule has 0 saturated carbocycles. The maximum absolute atomic E-state index is 13.1. The summed E-state index contributed by atoms with van der Waals surface area (Å²) in [6.07, 6.45) is 2.67. The summed E-state index contributed by atoms with van der Waals surface area (Å²) in [5.41, 5.74) is 1.42. The molecule has 2 aromatic rings. The van der Waals surface area contributed by atoms with Crippen molar-refractivity contribution in [2.24, 2.45) is 0 Å². The number of halogens is 1. The second-order valence-electron chi connectivity index (χ2n) is 8.35. The quantitative estimate of drug-likeness (QED) is 0.853. The third-order valence-electron chi connectivity index (χ3n) is 4.59. The van der Waals surface area contributed by atoms with Gasteiger partial charge in [-0.3, -0.25) is 14.6 Å². The molecule has 1 aliphatic rings. The molecule has 1 N–H and O–H groups in total. The fourth-order valence-corrected chi connectivity index (χ4v) is 3.34. The summed E-state index contributed by atoms with van der Waals surface area (Å²) in [5, 5.41) is 3.02. The van der Waals surface area contributed by atoms with Crippen molar-refractivity contribution in [2.75, 3.05) is 32.7 Å². The number of benzene rings is 1. The Morgan fingerprint density at radius 2 is 1.82 bits per heavy atom. The van der Waals surface area contributed by atoms with E-state index in [0.29, 0.717) is 19.0 Å². The van der Waals surface area contributed by atoms with Crippen molar-refractivity contribution in [3.05, 3.63) is 42.0 Å². The molecular formula is C21H29FN4O2. The molecule has 28 heavy (non-hydrogen) atoms. The Morgan fingerprint density at radius 1 is 1.14 bits per heavy atom. The molecule has 1 saturated heterocycles. The third-order valence-corrected chi connectivity index (χ3v) is 4.59. The van der Waals surface area contributed by atoms with Crippen LogP contribution in [0.4, 0.5) is 4.39 Å². The monoisotopic (exact) mass is 388 g/mol. The molecule has 0 radical (unpaired) electrons. The van der Waals surface area contributed by atoms with Gasteiger partial charge in [0, 0.05) is 30.7 Å². The number of rotatable bonds is 5. The predicted molar refractivity (Wildman–Crippen MR) is 106 cm³/mol. The number of nitrogens with one attached hydrogen (secondary N) is 1. The molecular weight excluding hydrogens is 359 g/mol. The zero-order valence-corrected chi connectivity index (χ0v) is 16.9. The maximum atomic E-state index is 13.1. The first-order valence-electron chi connectivity index (χ1n) is 9.74. The topological polar surface area (TPSA) is 61.6 Å². The van der Waals surface area contributed by atoms with Gasteiger partial charge in [-0.1, -0.05) is 0 Å². The minimum Gasteiger partial charge on any atom is -0.444 e. The first-order chi connectivity index (χ1) is 13.3. The van der Waals surface area contributed by atoms with Gasteiger partial charge in [0.15, 0.2) is 0 Å². The van der Waals surface area contributed by atoms with E-state index >= 15 is 0 Å². The average Bonchev–Trinajstić information content (AvgIpc) is 2.95. The van der Waals surface area contributed by atoms with Crippen LogP contribution in [0.2, 0.25) is 0 Å². The van der Waals surface area contributed by atoms with Gasteiger partial charge in [0.2, 0.25) is 11.8 Å². The number of aromatic nitrogens is 1. The summed E-state index contributed by atoms with van der Waals surface area (Å²) in [5.74, 6) is 0.299. The van der Waals surface area contributed by atoms with Gasteiger partial charge < -0.3 is 9.73 Å². The fourth-order valence-electron chi connectivity index (χ4n) is 3.34. The van der Waals surface area contributed by atoms with Crippen LogP contribution in [0.3, 0.4) is 0 Å². The maximum Gasteiger partial charge on any atom is 0.234 e. The predicted octanol–water partition coefficient (Wildman–Crippen LogP) is 2.90. The second-order valence-corrected chi connectivity index (χ2v) is 8.35. The van der Waals surface area contributed by atoms with Crippen LogP contribution in [0.25, 0.3) is 11.5 Å². The smallest absolute Gasteiger partial charge is 0.234 e. The van der Waals surface area contributed by atoms with Gasteiger partial charge in [0.1, 0.15) is 12.1 Å². The van der Waals surface area contributed by atoms with Crippen LogP contribution < -0.4 is 5.32 Å². The molecule has 1 aromatic carbocycles. The lowest BCUT2D eigenvalue weighted by molar-refractivity contribution is -0.123. The SMILES string of the molecule is CC(C)(C)NC(=O)CN1CCCN(Cc2coc(-c3ccc(F)cc3)n2)CC1. The van der Waals surface area contributed by atoms with E-state index in [4.69, 9.17) is 4.42 Å². The summed E-state index contributed by atoms with van der Waals surface area (Å²) >= 11 is 0. The number of hydrogen-bond acceptors (Lipinski definition) is 5. The minimum absolute atomic E-state index is 0.0707. The van der Waals surface area contributed by atoms with Crippen molar-refractivity contribution in [2.45, 2.75) is 39.3 Å². The van der Waals surface area contributed by atoms with Crippen molar-refractivity contribution in [1.29, 1.82) is 0 Å². The standard InChI is InChI=1S/C21H29FN4O2/c1-21(2,3)24-19(27)14-26-10-4-9-25(11-12-26)13-18-15-28-20(23-18)16-5-7-17(22)8-6-16/h5-8,15H,4,9-14H2,1-3H3,(H,24,27). The van der Waals surface area contributed by atoms with E-state index in [1.807, 2.05) is 20.8 Å². The number of oxazole rings is 1. The number of carbonyl (C=O) groups is 1. The molecule has 1 amide bonds. The van der Waals surface area contributed by atoms with E-state index in [1.165, 1.54) is 12.1 Å². The van der Waals surface area contributed by atoms with Gasteiger partial charge >= 0.3 is 0 Å². The van der Waals surface area contributed by atoms with Gasteiger partial charge in [-0.25, -0.2) is 9.37 Å². The summed E-state index contributed by atoms with van der Waals surface area (Å²) < 4.78 is 18.6. The van der Waals surface area contributed by atoms with Gasteiger partial charge in [-0.15, -0.1) is 0 Å². The summed E-state index contributed by atoms with van der Waals surface area (Å²) in [6, 6.07) is 6.13. The number of hydrogen-bond donors (Lipinski definition) is 1. The normalized spacial score (nSPS) is 16.7. The summed E-state index contributed by atoms with van der Waals surface area (Å²) in [7, 11) is 0. The van der Waals surface area contributed by atoms with E-state index in [0.717, 1.165) is 43.9 Å². The van der Waals surface area contributed by atoms with Gasteiger partial charge in [-0.05, 0) is 64.5 Å². The van der Waals surface area contributed by atoms with Crippen LogP contribution in [0.5, 0.6) is 0 Å². The molecule has 1 aliphatic heterocycles. The molecule has 0 atom stereocenters. The van der Waals surface area contributed by atoms with Gasteiger partial charge in [0.05, 0.1) is 12.2 Å². The van der Waals surface area contributed by atoms with E-state index in [9.17, 15) is 9.18 Å². The molecule has 152 valence electrons. The Bertz CT molecular complexity index is 782. The Hall–Kier alpha value is -2.25. The Labute approximate surface area is 165 Å². The number of amides is 1. The second kappa shape index (κ2) is 8.84. The lowest BCUT2D eigenvalue weighted by Crippen LogP contribution is -2.46. The van der Waals surface area contributed by atoms with Crippen molar-refractivity contribution >= 4 is 5.91 Å². The van der Waals surface area contributed by atoms with E-state index in [2.05, 4.69) is 20.1 Å². The molecule has 3 rings (SSSR count). The molecule has 0 spiro atoms. The highest BCUT2D eigenvalue weighted by Gasteiger charge is 2.20. The molecule has 1 aromatic heterocycles. The molecule has 1 fully saturated rings. The Kier molecular flexibility index (Phi) is 6.46. The molecule has 6 nitrogen and oxygen atoms in total. The highest BCUT2D eigenvalue weighted by Crippen LogP contribution is 2.20. The van der Waals surface area contributed by atoms with Crippen molar-refractivity contribution < 1.29 is 13.6 Å². The van der Waals surface area contributed by atoms with Crippen molar-refractivity contribution in [1.82, 2.24) is 20.1 Å². The van der Waals surface area contributed by atoms with Crippen molar-refractivity contribution in [3.63, 3.8) is 0 Å². The Balaban J connectivity index is 1.51. The van der Waals surface area contributed by atoms with Crippen LogP contribution in [0.15, 0.2) is 34.9 Å². The largest absolute Gasteiger partial charge is 0.444 e. The Morgan fingerprint density at radius 3 is 2.54 bits per heavy atom. The average molecular weight is 388 g/mol. The highest BCUT2D eigenvalue weighted by molar-refractivity contribution is 5.78.